The van der Waals surface area contributed by atoms with Crippen LogP contribution in [0.4, 0.5) is 0 Å². The highest BCUT2D eigenvalue weighted by molar-refractivity contribution is 4.80. The maximum atomic E-state index is 9.56. The van der Waals surface area contributed by atoms with Gasteiger partial charge >= 0.3 is 0 Å². The molecule has 3 heteroatoms. The van der Waals surface area contributed by atoms with Gasteiger partial charge in [-0.1, -0.05) is 46.5 Å². The summed E-state index contributed by atoms with van der Waals surface area (Å²) in [6, 6.07) is 0.189. The van der Waals surface area contributed by atoms with Crippen molar-refractivity contribution in [2.45, 2.75) is 77.9 Å². The third-order valence-electron chi connectivity index (χ3n) is 3.82. The molecule has 3 nitrogen and oxygen atoms in total. The SMILES string of the molecule is C.CCCCCCCCN1CCC(O)CC1CO. The first-order valence-corrected chi connectivity index (χ1v) is 7.31. The molecule has 0 bridgehead atoms. The van der Waals surface area contributed by atoms with Crippen molar-refractivity contribution in [3.63, 3.8) is 0 Å². The number of rotatable bonds is 8. The second-order valence-electron chi connectivity index (χ2n) is 5.32. The summed E-state index contributed by atoms with van der Waals surface area (Å²) in [5.41, 5.74) is 0. The van der Waals surface area contributed by atoms with E-state index >= 15 is 0 Å². The molecule has 110 valence electrons. The highest BCUT2D eigenvalue weighted by Gasteiger charge is 2.25. The molecule has 1 fully saturated rings. The Balaban J connectivity index is 0.00000289. The van der Waals surface area contributed by atoms with E-state index in [9.17, 15) is 10.2 Å². The van der Waals surface area contributed by atoms with Crippen LogP contribution in [0.5, 0.6) is 0 Å². The largest absolute Gasteiger partial charge is 0.395 e. The molecule has 0 aromatic rings. The van der Waals surface area contributed by atoms with Crippen LogP contribution in [0.1, 0.15) is 65.7 Å². The zero-order chi connectivity index (χ0) is 12.5. The quantitative estimate of drug-likeness (QED) is 0.659. The molecule has 1 aliphatic heterocycles. The van der Waals surface area contributed by atoms with Crippen LogP contribution in [-0.4, -0.2) is 47.0 Å². The lowest BCUT2D eigenvalue weighted by atomic mass is 9.99. The highest BCUT2D eigenvalue weighted by atomic mass is 16.3. The highest BCUT2D eigenvalue weighted by Crippen LogP contribution is 2.18. The first-order valence-electron chi connectivity index (χ1n) is 7.31. The fraction of sp³-hybridized carbons (Fsp3) is 1.00. The van der Waals surface area contributed by atoms with Gasteiger partial charge in [0.1, 0.15) is 0 Å². The third-order valence-corrected chi connectivity index (χ3v) is 3.82. The maximum absolute atomic E-state index is 9.56. The Bertz CT molecular complexity index is 187. The van der Waals surface area contributed by atoms with E-state index in [0.717, 1.165) is 25.9 Å². The summed E-state index contributed by atoms with van der Waals surface area (Å²) < 4.78 is 0. The van der Waals surface area contributed by atoms with Crippen molar-refractivity contribution >= 4 is 0 Å². The molecule has 1 rings (SSSR count). The number of nitrogens with zero attached hydrogens (tertiary/aromatic N) is 1. The van der Waals surface area contributed by atoms with Crippen LogP contribution in [0.25, 0.3) is 0 Å². The summed E-state index contributed by atoms with van der Waals surface area (Å²) in [4.78, 5) is 2.35. The van der Waals surface area contributed by atoms with E-state index in [1.807, 2.05) is 0 Å². The van der Waals surface area contributed by atoms with Gasteiger partial charge in [-0.2, -0.15) is 0 Å². The standard InChI is InChI=1S/C14H29NO2.CH4/c1-2-3-4-5-6-7-9-15-10-8-14(17)11-13(15)12-16;/h13-14,16-17H,2-12H2,1H3;1H4. The van der Waals surface area contributed by atoms with Crippen molar-refractivity contribution in [1.82, 2.24) is 4.90 Å². The van der Waals surface area contributed by atoms with E-state index in [-0.39, 0.29) is 26.2 Å². The van der Waals surface area contributed by atoms with Crippen molar-refractivity contribution < 1.29 is 10.2 Å². The molecule has 0 saturated carbocycles. The molecule has 2 unspecified atom stereocenters. The van der Waals surface area contributed by atoms with Crippen LogP contribution in [0.2, 0.25) is 0 Å². The molecule has 0 aliphatic carbocycles. The van der Waals surface area contributed by atoms with E-state index < -0.39 is 0 Å². The lowest BCUT2D eigenvalue weighted by Gasteiger charge is -2.36. The lowest BCUT2D eigenvalue weighted by Crippen LogP contribution is -2.46. The van der Waals surface area contributed by atoms with E-state index in [4.69, 9.17) is 0 Å². The van der Waals surface area contributed by atoms with Gasteiger partial charge in [0, 0.05) is 12.6 Å². The second kappa shape index (κ2) is 10.8. The maximum Gasteiger partial charge on any atom is 0.0587 e. The number of hydrogen-bond acceptors (Lipinski definition) is 3. The molecule has 1 aliphatic rings. The summed E-state index contributed by atoms with van der Waals surface area (Å²) in [6.45, 7) is 4.46. The van der Waals surface area contributed by atoms with Gasteiger partial charge in [-0.25, -0.2) is 0 Å². The van der Waals surface area contributed by atoms with Gasteiger partial charge in [-0.3, -0.25) is 4.90 Å². The Labute approximate surface area is 113 Å². The smallest absolute Gasteiger partial charge is 0.0587 e. The third kappa shape index (κ3) is 6.72. The van der Waals surface area contributed by atoms with Gasteiger partial charge < -0.3 is 10.2 Å². The van der Waals surface area contributed by atoms with Crippen molar-refractivity contribution in [3.05, 3.63) is 0 Å². The first kappa shape index (κ1) is 17.9. The van der Waals surface area contributed by atoms with Crippen LogP contribution in [0.3, 0.4) is 0 Å². The topological polar surface area (TPSA) is 43.7 Å². The summed E-state index contributed by atoms with van der Waals surface area (Å²) in [5.74, 6) is 0. The Morgan fingerprint density at radius 1 is 1.11 bits per heavy atom. The monoisotopic (exact) mass is 259 g/mol. The number of unbranched alkanes of at least 4 members (excludes halogenated alkanes) is 5. The number of aliphatic hydroxyl groups excluding tert-OH is 2. The van der Waals surface area contributed by atoms with Gasteiger partial charge in [0.25, 0.3) is 0 Å². The normalized spacial score (nSPS) is 24.8. The Kier molecular flexibility index (Phi) is 10.7. The van der Waals surface area contributed by atoms with Gasteiger partial charge in [0.05, 0.1) is 12.7 Å². The summed E-state index contributed by atoms with van der Waals surface area (Å²) in [7, 11) is 0. The van der Waals surface area contributed by atoms with E-state index in [1.54, 1.807) is 0 Å². The van der Waals surface area contributed by atoms with Crippen LogP contribution in [0.15, 0.2) is 0 Å². The van der Waals surface area contributed by atoms with E-state index in [2.05, 4.69) is 11.8 Å². The number of likely N-dealkylation sites (tertiary alicyclic amines) is 1. The first-order chi connectivity index (χ1) is 8.27. The van der Waals surface area contributed by atoms with Crippen molar-refractivity contribution in [2.75, 3.05) is 19.7 Å². The Hall–Kier alpha value is -0.120. The zero-order valence-electron chi connectivity index (χ0n) is 11.3. The van der Waals surface area contributed by atoms with Crippen molar-refractivity contribution in [1.29, 1.82) is 0 Å². The molecule has 2 N–H and O–H groups in total. The van der Waals surface area contributed by atoms with E-state index in [0.29, 0.717) is 0 Å². The van der Waals surface area contributed by atoms with Crippen LogP contribution >= 0.6 is 0 Å². The number of hydrogen-bond donors (Lipinski definition) is 2. The fourth-order valence-electron chi connectivity index (χ4n) is 2.66. The van der Waals surface area contributed by atoms with Crippen LogP contribution in [0, 0.1) is 0 Å². The molecule has 2 atom stereocenters. The number of aliphatic hydroxyl groups is 2. The molecular weight excluding hydrogens is 226 g/mol. The molecule has 0 aromatic carbocycles. The predicted octanol–water partition coefficient (Wildman–Crippen LogP) is 2.80. The summed E-state index contributed by atoms with van der Waals surface area (Å²) >= 11 is 0. The minimum Gasteiger partial charge on any atom is -0.395 e. The molecule has 0 radical (unpaired) electrons. The second-order valence-corrected chi connectivity index (χ2v) is 5.32. The molecule has 0 amide bonds. The van der Waals surface area contributed by atoms with Gasteiger partial charge in [0.15, 0.2) is 0 Å². The average molecular weight is 259 g/mol. The molecular formula is C15H33NO2. The summed E-state index contributed by atoms with van der Waals surface area (Å²) in [5, 5.41) is 18.9. The van der Waals surface area contributed by atoms with Gasteiger partial charge in [-0.05, 0) is 25.8 Å². The van der Waals surface area contributed by atoms with Crippen molar-refractivity contribution in [2.24, 2.45) is 0 Å². The molecule has 0 aromatic heterocycles. The van der Waals surface area contributed by atoms with Crippen molar-refractivity contribution in [3.8, 4) is 0 Å². The van der Waals surface area contributed by atoms with Crippen LogP contribution < -0.4 is 0 Å². The lowest BCUT2D eigenvalue weighted by molar-refractivity contribution is 0.0163. The fourth-order valence-corrected chi connectivity index (χ4v) is 2.66. The summed E-state index contributed by atoms with van der Waals surface area (Å²) in [6.07, 6.45) is 9.30. The minimum atomic E-state index is -0.201. The molecule has 1 saturated heterocycles. The zero-order valence-corrected chi connectivity index (χ0v) is 11.3. The van der Waals surface area contributed by atoms with Gasteiger partial charge in [-0.15, -0.1) is 0 Å². The molecule has 1 heterocycles. The molecule has 18 heavy (non-hydrogen) atoms. The Morgan fingerprint density at radius 2 is 1.78 bits per heavy atom. The number of piperidine rings is 1. The van der Waals surface area contributed by atoms with Gasteiger partial charge in [0.2, 0.25) is 0 Å². The van der Waals surface area contributed by atoms with E-state index in [1.165, 1.54) is 38.5 Å². The molecule has 0 spiro atoms. The predicted molar refractivity (Wildman–Crippen MR) is 77.8 cm³/mol. The van der Waals surface area contributed by atoms with Crippen LogP contribution in [-0.2, 0) is 0 Å². The minimum absolute atomic E-state index is 0. The Morgan fingerprint density at radius 3 is 2.44 bits per heavy atom. The average Bonchev–Trinajstić information content (AvgIpc) is 2.35.